The van der Waals surface area contributed by atoms with E-state index in [0.29, 0.717) is 29.0 Å². The highest BCUT2D eigenvalue weighted by molar-refractivity contribution is 9.10. The Morgan fingerprint density at radius 1 is 1.50 bits per heavy atom. The first-order valence-electron chi connectivity index (χ1n) is 5.06. The summed E-state index contributed by atoms with van der Waals surface area (Å²) in [6.45, 7) is 0.934. The molecule has 0 saturated heterocycles. The second kappa shape index (κ2) is 7.30. The van der Waals surface area contributed by atoms with Crippen molar-refractivity contribution in [3.8, 4) is 5.75 Å². The molecule has 18 heavy (non-hydrogen) atoms. The zero-order chi connectivity index (χ0) is 13.5. The first-order valence-corrected chi connectivity index (χ1v) is 6.26. The number of ether oxygens (including phenoxy) is 2. The summed E-state index contributed by atoms with van der Waals surface area (Å²) >= 11 is 7.92. The second-order valence-electron chi connectivity index (χ2n) is 3.30. The van der Waals surface area contributed by atoms with Crippen LogP contribution in [-0.4, -0.2) is 31.3 Å². The van der Waals surface area contributed by atoms with Crippen LogP contribution in [-0.2, 0) is 4.74 Å². The number of carbonyl (C=O) groups excluding carboxylic acids is 1. The quantitative estimate of drug-likeness (QED) is 0.630. The highest BCUT2D eigenvalue weighted by Crippen LogP contribution is 2.25. The molecule has 1 aromatic rings. The Bertz CT molecular complexity index is 454. The van der Waals surface area contributed by atoms with E-state index in [2.05, 4.69) is 33.5 Å². The van der Waals surface area contributed by atoms with Gasteiger partial charge in [0.2, 0.25) is 0 Å². The normalized spacial score (nSPS) is 9.89. The molecular formula is C11H13BrN2O3S. The number of thiocarbonyl (C=S) groups is 1. The monoisotopic (exact) mass is 332 g/mol. The van der Waals surface area contributed by atoms with Gasteiger partial charge >= 0.3 is 0 Å². The number of amides is 1. The van der Waals surface area contributed by atoms with Gasteiger partial charge in [-0.1, -0.05) is 0 Å². The Morgan fingerprint density at radius 3 is 2.78 bits per heavy atom. The number of nitrogens with two attached hydrogens (primary N) is 1. The van der Waals surface area contributed by atoms with Gasteiger partial charge in [0, 0.05) is 12.7 Å². The van der Waals surface area contributed by atoms with Crippen LogP contribution < -0.4 is 15.8 Å². The third kappa shape index (κ3) is 4.59. The fraction of sp³-hybridized carbons (Fsp3) is 0.273. The molecule has 0 aromatic heterocycles. The van der Waals surface area contributed by atoms with Crippen molar-refractivity contribution >= 4 is 39.2 Å². The lowest BCUT2D eigenvalue weighted by molar-refractivity contribution is 0.0977. The summed E-state index contributed by atoms with van der Waals surface area (Å²) in [5, 5.41) is 2.29. The zero-order valence-electron chi connectivity index (χ0n) is 9.73. The third-order valence-corrected chi connectivity index (χ3v) is 2.70. The minimum absolute atomic E-state index is 0.0588. The molecule has 0 aliphatic rings. The fourth-order valence-electron chi connectivity index (χ4n) is 1.18. The summed E-state index contributed by atoms with van der Waals surface area (Å²) in [5.41, 5.74) is 5.67. The molecule has 0 unspecified atom stereocenters. The van der Waals surface area contributed by atoms with Crippen LogP contribution in [0.3, 0.4) is 0 Å². The van der Waals surface area contributed by atoms with E-state index in [-0.39, 0.29) is 11.0 Å². The molecule has 0 saturated carbocycles. The smallest absolute Gasteiger partial charge is 0.257 e. The molecule has 1 rings (SSSR count). The Balaban J connectivity index is 2.72. The molecule has 0 spiro atoms. The number of methoxy groups -OCH3 is 1. The van der Waals surface area contributed by atoms with Gasteiger partial charge < -0.3 is 15.2 Å². The Labute approximate surface area is 119 Å². The van der Waals surface area contributed by atoms with E-state index in [1.165, 1.54) is 0 Å². The SMILES string of the molecule is COCCOc1ccc(C(=O)NC(N)=S)cc1Br. The van der Waals surface area contributed by atoms with E-state index in [9.17, 15) is 4.79 Å². The molecule has 3 N–H and O–H groups in total. The molecule has 0 radical (unpaired) electrons. The van der Waals surface area contributed by atoms with E-state index >= 15 is 0 Å². The van der Waals surface area contributed by atoms with E-state index in [0.717, 1.165) is 0 Å². The van der Waals surface area contributed by atoms with E-state index in [1.807, 2.05) is 0 Å². The lowest BCUT2D eigenvalue weighted by atomic mass is 10.2. The molecule has 0 fully saturated rings. The summed E-state index contributed by atoms with van der Waals surface area (Å²) in [6, 6.07) is 4.95. The topological polar surface area (TPSA) is 73.6 Å². The molecule has 0 aliphatic carbocycles. The van der Waals surface area contributed by atoms with Crippen molar-refractivity contribution in [2.75, 3.05) is 20.3 Å². The van der Waals surface area contributed by atoms with Crippen LogP contribution in [0.5, 0.6) is 5.75 Å². The van der Waals surface area contributed by atoms with Gasteiger partial charge in [0.05, 0.1) is 11.1 Å². The number of rotatable bonds is 5. The van der Waals surface area contributed by atoms with Gasteiger partial charge in [-0.25, -0.2) is 0 Å². The number of halogens is 1. The van der Waals surface area contributed by atoms with Crippen LogP contribution in [0.1, 0.15) is 10.4 Å². The average Bonchev–Trinajstić information content (AvgIpc) is 2.30. The van der Waals surface area contributed by atoms with Crippen LogP contribution in [0, 0.1) is 0 Å². The zero-order valence-corrected chi connectivity index (χ0v) is 12.1. The maximum Gasteiger partial charge on any atom is 0.257 e. The van der Waals surface area contributed by atoms with E-state index in [1.54, 1.807) is 25.3 Å². The van der Waals surface area contributed by atoms with Crippen LogP contribution in [0.25, 0.3) is 0 Å². The average molecular weight is 333 g/mol. The maximum atomic E-state index is 11.6. The van der Waals surface area contributed by atoms with Crippen molar-refractivity contribution in [2.24, 2.45) is 5.73 Å². The number of nitrogens with one attached hydrogen (secondary N) is 1. The van der Waals surface area contributed by atoms with Crippen LogP contribution in [0.2, 0.25) is 0 Å². The Kier molecular flexibility index (Phi) is 6.03. The van der Waals surface area contributed by atoms with Crippen molar-refractivity contribution in [3.63, 3.8) is 0 Å². The standard InChI is InChI=1S/C11H13BrN2O3S/c1-16-4-5-17-9-3-2-7(6-8(9)12)10(15)14-11(13)18/h2-3,6H,4-5H2,1H3,(H3,13,14,15,18). The largest absolute Gasteiger partial charge is 0.490 e. The van der Waals surface area contributed by atoms with Gasteiger partial charge in [-0.2, -0.15) is 0 Å². The molecule has 1 amide bonds. The highest BCUT2D eigenvalue weighted by atomic mass is 79.9. The highest BCUT2D eigenvalue weighted by Gasteiger charge is 2.09. The molecule has 7 heteroatoms. The summed E-state index contributed by atoms with van der Waals surface area (Å²) in [6.07, 6.45) is 0. The molecule has 0 heterocycles. The number of hydrogen-bond acceptors (Lipinski definition) is 4. The fourth-order valence-corrected chi connectivity index (χ4v) is 1.76. The molecule has 1 aromatic carbocycles. The van der Waals surface area contributed by atoms with Crippen molar-refractivity contribution in [1.29, 1.82) is 0 Å². The van der Waals surface area contributed by atoms with Gasteiger partial charge in [-0.05, 0) is 46.3 Å². The maximum absolute atomic E-state index is 11.6. The van der Waals surface area contributed by atoms with Gasteiger partial charge in [-0.15, -0.1) is 0 Å². The van der Waals surface area contributed by atoms with Crippen molar-refractivity contribution in [1.82, 2.24) is 5.32 Å². The Hall–Kier alpha value is -1.18. The van der Waals surface area contributed by atoms with Crippen LogP contribution in [0.4, 0.5) is 0 Å². The minimum Gasteiger partial charge on any atom is -0.490 e. The number of hydrogen-bond donors (Lipinski definition) is 2. The lowest BCUT2D eigenvalue weighted by Gasteiger charge is -2.09. The molecule has 0 atom stereocenters. The summed E-state index contributed by atoms with van der Waals surface area (Å²) in [7, 11) is 1.60. The third-order valence-electron chi connectivity index (χ3n) is 1.98. The summed E-state index contributed by atoms with van der Waals surface area (Å²) in [4.78, 5) is 11.6. The van der Waals surface area contributed by atoms with Crippen LogP contribution in [0.15, 0.2) is 22.7 Å². The minimum atomic E-state index is -0.355. The second-order valence-corrected chi connectivity index (χ2v) is 4.60. The number of benzene rings is 1. The van der Waals surface area contributed by atoms with E-state index < -0.39 is 0 Å². The molecule has 5 nitrogen and oxygen atoms in total. The summed E-state index contributed by atoms with van der Waals surface area (Å²) < 4.78 is 11.0. The molecule has 0 aliphatic heterocycles. The van der Waals surface area contributed by atoms with Gasteiger partial charge in [-0.3, -0.25) is 10.1 Å². The van der Waals surface area contributed by atoms with Gasteiger partial charge in [0.1, 0.15) is 12.4 Å². The molecule has 0 bridgehead atoms. The van der Waals surface area contributed by atoms with Crippen molar-refractivity contribution in [2.45, 2.75) is 0 Å². The molecular weight excluding hydrogens is 320 g/mol. The Morgan fingerprint density at radius 2 is 2.22 bits per heavy atom. The predicted molar refractivity (Wildman–Crippen MR) is 75.8 cm³/mol. The van der Waals surface area contributed by atoms with Gasteiger partial charge in [0.15, 0.2) is 5.11 Å². The summed E-state index contributed by atoms with van der Waals surface area (Å²) in [5.74, 6) is 0.283. The first-order chi connectivity index (χ1) is 8.54. The molecule has 98 valence electrons. The lowest BCUT2D eigenvalue weighted by Crippen LogP contribution is -2.34. The van der Waals surface area contributed by atoms with E-state index in [4.69, 9.17) is 15.2 Å². The predicted octanol–water partition coefficient (Wildman–Crippen LogP) is 1.45. The first kappa shape index (κ1) is 14.9. The van der Waals surface area contributed by atoms with Crippen LogP contribution >= 0.6 is 28.1 Å². The van der Waals surface area contributed by atoms with Gasteiger partial charge in [0.25, 0.3) is 5.91 Å². The van der Waals surface area contributed by atoms with Crippen molar-refractivity contribution < 1.29 is 14.3 Å². The van der Waals surface area contributed by atoms with Crippen molar-refractivity contribution in [3.05, 3.63) is 28.2 Å². The number of carbonyl (C=O) groups is 1.